The minimum absolute atomic E-state index is 0.211. The molecule has 82 valence electrons. The lowest BCUT2D eigenvalue weighted by molar-refractivity contribution is -0.129. The first-order valence-electron chi connectivity index (χ1n) is 5.92. The van der Waals surface area contributed by atoms with E-state index in [1.807, 2.05) is 6.92 Å². The van der Waals surface area contributed by atoms with Crippen molar-refractivity contribution < 1.29 is 9.90 Å². The predicted octanol–water partition coefficient (Wildman–Crippen LogP) is 2.22. The van der Waals surface area contributed by atoms with Crippen molar-refractivity contribution >= 4 is 5.78 Å². The van der Waals surface area contributed by atoms with Crippen LogP contribution in [0.5, 0.6) is 0 Å². The zero-order valence-electron chi connectivity index (χ0n) is 9.47. The minimum Gasteiger partial charge on any atom is -0.389 e. The molecule has 2 nitrogen and oxygen atoms in total. The molecule has 2 heteroatoms. The average molecular weight is 206 g/mol. The third-order valence-electron chi connectivity index (χ3n) is 5.48. The fourth-order valence-corrected chi connectivity index (χ4v) is 4.70. The van der Waals surface area contributed by atoms with Gasteiger partial charge in [-0.3, -0.25) is 4.79 Å². The predicted molar refractivity (Wildman–Crippen MR) is 57.3 cm³/mol. The third kappa shape index (κ3) is 0.739. The second-order valence-corrected chi connectivity index (χ2v) is 5.81. The molecule has 0 aromatic heterocycles. The third-order valence-corrected chi connectivity index (χ3v) is 5.48. The van der Waals surface area contributed by atoms with Gasteiger partial charge in [0.15, 0.2) is 5.78 Å². The normalized spacial score (nSPS) is 53.0. The summed E-state index contributed by atoms with van der Waals surface area (Å²) in [6.45, 7) is 4.09. The number of aliphatic hydroxyl groups is 1. The number of hydrogen-bond acceptors (Lipinski definition) is 2. The topological polar surface area (TPSA) is 37.3 Å². The van der Waals surface area contributed by atoms with E-state index in [-0.39, 0.29) is 16.6 Å². The molecule has 3 rings (SSSR count). The van der Waals surface area contributed by atoms with Gasteiger partial charge in [0.25, 0.3) is 0 Å². The van der Waals surface area contributed by atoms with E-state index in [2.05, 4.69) is 6.92 Å². The van der Waals surface area contributed by atoms with Crippen LogP contribution < -0.4 is 0 Å². The van der Waals surface area contributed by atoms with Crippen molar-refractivity contribution in [1.82, 2.24) is 0 Å². The first-order chi connectivity index (χ1) is 6.96. The van der Waals surface area contributed by atoms with Gasteiger partial charge in [0, 0.05) is 10.8 Å². The van der Waals surface area contributed by atoms with E-state index in [1.54, 1.807) is 6.08 Å². The fourth-order valence-electron chi connectivity index (χ4n) is 4.70. The van der Waals surface area contributed by atoms with Gasteiger partial charge in [-0.1, -0.05) is 12.5 Å². The zero-order chi connectivity index (χ0) is 10.9. The van der Waals surface area contributed by atoms with E-state index < -0.39 is 5.60 Å². The van der Waals surface area contributed by atoms with Gasteiger partial charge in [-0.05, 0) is 45.1 Å². The molecule has 0 amide bonds. The fraction of sp³-hybridized carbons (Fsp3) is 0.769. The van der Waals surface area contributed by atoms with Gasteiger partial charge >= 0.3 is 0 Å². The number of carbonyl (C=O) groups is 1. The Morgan fingerprint density at radius 3 is 2.73 bits per heavy atom. The molecule has 0 heterocycles. The highest BCUT2D eigenvalue weighted by Gasteiger charge is 2.72. The Balaban J connectivity index is 2.25. The zero-order valence-corrected chi connectivity index (χ0v) is 9.47. The van der Waals surface area contributed by atoms with E-state index in [1.165, 1.54) is 0 Å². The lowest BCUT2D eigenvalue weighted by Gasteiger charge is -2.43. The minimum atomic E-state index is -0.589. The Kier molecular flexibility index (Phi) is 1.52. The lowest BCUT2D eigenvalue weighted by atomic mass is 9.62. The summed E-state index contributed by atoms with van der Waals surface area (Å²) in [5, 5.41) is 10.8. The van der Waals surface area contributed by atoms with Crippen LogP contribution in [0.15, 0.2) is 11.6 Å². The van der Waals surface area contributed by atoms with Crippen LogP contribution >= 0.6 is 0 Å². The van der Waals surface area contributed by atoms with Gasteiger partial charge in [0.2, 0.25) is 0 Å². The average Bonchev–Trinajstić information content (AvgIpc) is 2.68. The van der Waals surface area contributed by atoms with Crippen LogP contribution in [0, 0.1) is 10.8 Å². The van der Waals surface area contributed by atoms with Crippen molar-refractivity contribution in [2.75, 3.05) is 0 Å². The smallest absolute Gasteiger partial charge is 0.162 e. The molecule has 1 spiro atoms. The van der Waals surface area contributed by atoms with Gasteiger partial charge in [-0.25, -0.2) is 0 Å². The van der Waals surface area contributed by atoms with Crippen LogP contribution in [0.4, 0.5) is 0 Å². The molecule has 3 aliphatic rings. The molecule has 15 heavy (non-hydrogen) atoms. The first-order valence-corrected chi connectivity index (χ1v) is 5.92. The van der Waals surface area contributed by atoms with Gasteiger partial charge in [-0.2, -0.15) is 0 Å². The van der Waals surface area contributed by atoms with Crippen LogP contribution in [0.3, 0.4) is 0 Å². The Hall–Kier alpha value is -0.630. The summed E-state index contributed by atoms with van der Waals surface area (Å²) in [6.07, 6.45) is 6.38. The van der Waals surface area contributed by atoms with Gasteiger partial charge in [-0.15, -0.1) is 0 Å². The van der Waals surface area contributed by atoms with Crippen molar-refractivity contribution in [1.29, 1.82) is 0 Å². The number of allylic oxidation sites excluding steroid dienone is 1. The highest BCUT2D eigenvalue weighted by atomic mass is 16.3. The highest BCUT2D eigenvalue weighted by Crippen LogP contribution is 2.71. The van der Waals surface area contributed by atoms with Gasteiger partial charge in [0.1, 0.15) is 0 Å². The molecule has 0 radical (unpaired) electrons. The summed E-state index contributed by atoms with van der Waals surface area (Å²) in [6, 6.07) is 0. The van der Waals surface area contributed by atoms with Crippen LogP contribution in [0.25, 0.3) is 0 Å². The summed E-state index contributed by atoms with van der Waals surface area (Å²) >= 11 is 0. The van der Waals surface area contributed by atoms with Crippen molar-refractivity contribution in [3.05, 3.63) is 11.6 Å². The standard InChI is InChI=1S/C13H18O2/c1-9-8-10(14)11(2)6-7-12(15)4-3-5-13(9,11)12/h8,15H,3-7H2,1-2H3/t11?,12-,13?/m1/s1. The largest absolute Gasteiger partial charge is 0.389 e. The van der Waals surface area contributed by atoms with Gasteiger partial charge < -0.3 is 5.11 Å². The van der Waals surface area contributed by atoms with Crippen molar-refractivity contribution in [2.45, 2.75) is 51.6 Å². The molecule has 3 aliphatic carbocycles. The quantitative estimate of drug-likeness (QED) is 0.660. The molecular weight excluding hydrogens is 188 g/mol. The second kappa shape index (κ2) is 2.37. The summed E-state index contributed by atoms with van der Waals surface area (Å²) in [4.78, 5) is 12.1. The highest BCUT2D eigenvalue weighted by molar-refractivity contribution is 6.00. The summed E-state index contributed by atoms with van der Waals surface area (Å²) in [5.74, 6) is 0.248. The maximum absolute atomic E-state index is 12.1. The van der Waals surface area contributed by atoms with Crippen molar-refractivity contribution in [2.24, 2.45) is 10.8 Å². The molecular formula is C13H18O2. The molecule has 1 N–H and O–H groups in total. The number of carbonyl (C=O) groups excluding carboxylic acids is 1. The SMILES string of the molecule is CC1=CC(=O)C2(C)CC[C@]3(O)CCCC123. The molecule has 2 fully saturated rings. The van der Waals surface area contributed by atoms with Crippen LogP contribution in [0.2, 0.25) is 0 Å². The molecule has 0 aliphatic heterocycles. The number of rotatable bonds is 0. The molecule has 0 saturated heterocycles. The Morgan fingerprint density at radius 1 is 1.27 bits per heavy atom. The Bertz CT molecular complexity index is 384. The van der Waals surface area contributed by atoms with Crippen molar-refractivity contribution in [3.8, 4) is 0 Å². The van der Waals surface area contributed by atoms with E-state index in [9.17, 15) is 9.90 Å². The van der Waals surface area contributed by atoms with Gasteiger partial charge in [0.05, 0.1) is 5.60 Å². The molecule has 2 unspecified atom stereocenters. The number of hydrogen-bond donors (Lipinski definition) is 1. The number of ketones is 1. The van der Waals surface area contributed by atoms with Crippen molar-refractivity contribution in [3.63, 3.8) is 0 Å². The maximum Gasteiger partial charge on any atom is 0.162 e. The molecule has 0 aromatic rings. The lowest BCUT2D eigenvalue weighted by Crippen LogP contribution is -2.47. The second-order valence-electron chi connectivity index (χ2n) is 5.81. The molecule has 0 aromatic carbocycles. The van der Waals surface area contributed by atoms with E-state index in [0.29, 0.717) is 0 Å². The van der Waals surface area contributed by atoms with Crippen LogP contribution in [0.1, 0.15) is 46.0 Å². The molecule has 0 bridgehead atoms. The van der Waals surface area contributed by atoms with E-state index in [4.69, 9.17) is 0 Å². The molecule has 3 atom stereocenters. The first kappa shape index (κ1) is 9.59. The van der Waals surface area contributed by atoms with E-state index >= 15 is 0 Å². The summed E-state index contributed by atoms with van der Waals surface area (Å²) in [5.41, 5.74) is 0.0287. The Labute approximate surface area is 90.4 Å². The summed E-state index contributed by atoms with van der Waals surface area (Å²) < 4.78 is 0. The molecule has 2 saturated carbocycles. The summed E-state index contributed by atoms with van der Waals surface area (Å²) in [7, 11) is 0. The van der Waals surface area contributed by atoms with Crippen LogP contribution in [-0.4, -0.2) is 16.5 Å². The van der Waals surface area contributed by atoms with E-state index in [0.717, 1.165) is 37.7 Å². The van der Waals surface area contributed by atoms with Crippen LogP contribution in [-0.2, 0) is 4.79 Å². The maximum atomic E-state index is 12.1. The monoisotopic (exact) mass is 206 g/mol. The Morgan fingerprint density at radius 2 is 2.00 bits per heavy atom.